The molecule has 0 saturated carbocycles. The summed E-state index contributed by atoms with van der Waals surface area (Å²) in [4.78, 5) is 40.5. The first-order chi connectivity index (χ1) is 14.0. The largest absolute Gasteiger partial charge is 0.467 e. The Labute approximate surface area is 186 Å². The summed E-state index contributed by atoms with van der Waals surface area (Å²) in [6, 6.07) is 2.98. The molecule has 1 aromatic rings. The zero-order valence-electron chi connectivity index (χ0n) is 18.1. The number of ether oxygens (including phenoxy) is 1. The van der Waals surface area contributed by atoms with Gasteiger partial charge in [-0.05, 0) is 81.1 Å². The minimum Gasteiger partial charge on any atom is -0.467 e. The maximum atomic E-state index is 12.8. The van der Waals surface area contributed by atoms with Crippen molar-refractivity contribution in [3.63, 3.8) is 0 Å². The molecule has 0 spiro atoms. The van der Waals surface area contributed by atoms with Crippen molar-refractivity contribution in [3.8, 4) is 0 Å². The Morgan fingerprint density at radius 3 is 2.67 bits per heavy atom. The molecule has 2 aliphatic rings. The van der Waals surface area contributed by atoms with E-state index in [1.807, 2.05) is 12.1 Å². The molecule has 0 bridgehead atoms. The highest BCUT2D eigenvalue weighted by Gasteiger charge is 2.41. The molecule has 2 amide bonds. The van der Waals surface area contributed by atoms with Crippen LogP contribution < -0.4 is 4.90 Å². The number of imide groups is 1. The second kappa shape index (κ2) is 8.27. The van der Waals surface area contributed by atoms with Crippen LogP contribution in [0.1, 0.15) is 58.1 Å². The number of carbonyl (C=O) groups excluding carboxylic acids is 3. The molecule has 6 nitrogen and oxygen atoms in total. The van der Waals surface area contributed by atoms with Gasteiger partial charge < -0.3 is 9.64 Å². The van der Waals surface area contributed by atoms with Crippen molar-refractivity contribution >= 4 is 52.2 Å². The highest BCUT2D eigenvalue weighted by Crippen LogP contribution is 2.46. The number of carbonyl (C=O) groups is 3. The van der Waals surface area contributed by atoms with Gasteiger partial charge in [0.25, 0.3) is 11.1 Å². The Kier molecular flexibility index (Phi) is 6.25. The van der Waals surface area contributed by atoms with Crippen LogP contribution in [0.5, 0.6) is 0 Å². The lowest BCUT2D eigenvalue weighted by molar-refractivity contribution is -0.148. The maximum absolute atomic E-state index is 12.8. The summed E-state index contributed by atoms with van der Waals surface area (Å²) < 4.78 is 4.67. The number of thioether (sulfide) groups is 1. The number of benzene rings is 1. The number of methoxy groups -OCH3 is 1. The highest BCUT2D eigenvalue weighted by molar-refractivity contribution is 8.18. The monoisotopic (exact) mass is 450 g/mol. The van der Waals surface area contributed by atoms with Crippen LogP contribution in [0.3, 0.4) is 0 Å². The van der Waals surface area contributed by atoms with Crippen molar-refractivity contribution in [3.05, 3.63) is 33.2 Å². The molecule has 30 heavy (non-hydrogen) atoms. The number of nitrogens with zero attached hydrogens (tertiary/aromatic N) is 2. The number of esters is 1. The predicted octanol–water partition coefficient (Wildman–Crippen LogP) is 5.05. The maximum Gasteiger partial charge on any atom is 0.328 e. The Morgan fingerprint density at radius 1 is 1.40 bits per heavy atom. The third kappa shape index (κ3) is 3.85. The quantitative estimate of drug-likeness (QED) is 0.472. The van der Waals surface area contributed by atoms with Gasteiger partial charge in [0, 0.05) is 22.8 Å². The van der Waals surface area contributed by atoms with Crippen molar-refractivity contribution in [1.82, 2.24) is 4.90 Å². The molecular weight excluding hydrogens is 424 g/mol. The standard InChI is InChI=1S/C22H27ClN2O4S/c1-7-24-17-10-16(23)14(8-15(17)12(2)11-22(24,4)5)9-18-19(26)25(21(28)30-18)13(3)20(27)29-6/h8-10,12-13H,7,11H2,1-6H3/b18-9-. The van der Waals surface area contributed by atoms with E-state index in [9.17, 15) is 14.4 Å². The molecule has 1 fully saturated rings. The van der Waals surface area contributed by atoms with Gasteiger partial charge in [0.15, 0.2) is 0 Å². The average Bonchev–Trinajstić information content (AvgIpc) is 2.94. The van der Waals surface area contributed by atoms with Crippen molar-refractivity contribution < 1.29 is 19.1 Å². The van der Waals surface area contributed by atoms with E-state index in [4.69, 9.17) is 11.6 Å². The Morgan fingerprint density at radius 2 is 2.07 bits per heavy atom. The molecule has 2 unspecified atom stereocenters. The SMILES string of the molecule is CCN1c2cc(Cl)c(/C=C3\SC(=O)N(C(C)C(=O)OC)C3=O)cc2C(C)CC1(C)C. The molecule has 0 radical (unpaired) electrons. The van der Waals surface area contributed by atoms with Gasteiger partial charge in [0.2, 0.25) is 0 Å². The van der Waals surface area contributed by atoms with Crippen molar-refractivity contribution in [2.24, 2.45) is 0 Å². The van der Waals surface area contributed by atoms with E-state index in [1.54, 1.807) is 6.08 Å². The van der Waals surface area contributed by atoms with E-state index in [-0.39, 0.29) is 10.4 Å². The Balaban J connectivity index is 2.00. The zero-order chi connectivity index (χ0) is 22.4. The lowest BCUT2D eigenvalue weighted by Crippen LogP contribution is -2.48. The first kappa shape index (κ1) is 22.7. The highest BCUT2D eigenvalue weighted by atomic mass is 35.5. The first-order valence-electron chi connectivity index (χ1n) is 9.97. The molecule has 8 heteroatoms. The topological polar surface area (TPSA) is 66.9 Å². The fourth-order valence-electron chi connectivity index (χ4n) is 4.46. The molecule has 1 aromatic carbocycles. The second-order valence-electron chi connectivity index (χ2n) is 8.35. The van der Waals surface area contributed by atoms with Gasteiger partial charge in [0.1, 0.15) is 6.04 Å². The molecule has 162 valence electrons. The molecule has 2 heterocycles. The van der Waals surface area contributed by atoms with Gasteiger partial charge in [-0.3, -0.25) is 14.5 Å². The van der Waals surface area contributed by atoms with Crippen LogP contribution in [-0.4, -0.2) is 47.3 Å². The van der Waals surface area contributed by atoms with Crippen LogP contribution in [0, 0.1) is 0 Å². The number of hydrogen-bond acceptors (Lipinski definition) is 6. The van der Waals surface area contributed by atoms with Gasteiger partial charge in [-0.1, -0.05) is 18.5 Å². The number of hydrogen-bond donors (Lipinski definition) is 0. The van der Waals surface area contributed by atoms with E-state index in [0.29, 0.717) is 16.5 Å². The van der Waals surface area contributed by atoms with Gasteiger partial charge in [-0.2, -0.15) is 0 Å². The lowest BCUT2D eigenvalue weighted by atomic mass is 9.79. The smallest absolute Gasteiger partial charge is 0.328 e. The Bertz CT molecular complexity index is 943. The molecule has 0 aliphatic carbocycles. The third-order valence-electron chi connectivity index (χ3n) is 5.86. The number of halogens is 1. The van der Waals surface area contributed by atoms with E-state index in [1.165, 1.54) is 19.6 Å². The van der Waals surface area contributed by atoms with E-state index < -0.39 is 23.2 Å². The van der Waals surface area contributed by atoms with E-state index in [0.717, 1.165) is 35.3 Å². The number of amides is 2. The second-order valence-corrected chi connectivity index (χ2v) is 9.75. The van der Waals surface area contributed by atoms with Crippen LogP contribution in [-0.2, 0) is 14.3 Å². The minimum atomic E-state index is -0.979. The average molecular weight is 451 g/mol. The molecule has 0 N–H and O–H groups in total. The van der Waals surface area contributed by atoms with Gasteiger partial charge in [-0.25, -0.2) is 4.79 Å². The van der Waals surface area contributed by atoms with Gasteiger partial charge in [-0.15, -0.1) is 0 Å². The molecular formula is C22H27ClN2O4S. The minimum absolute atomic E-state index is 0.0265. The normalized spacial score (nSPS) is 23.0. The summed E-state index contributed by atoms with van der Waals surface area (Å²) in [5.41, 5.74) is 3.00. The summed E-state index contributed by atoms with van der Waals surface area (Å²) >= 11 is 7.40. The number of fused-ring (bicyclic) bond motifs is 1. The molecule has 0 aromatic heterocycles. The zero-order valence-corrected chi connectivity index (χ0v) is 19.7. The fraction of sp³-hybridized carbons (Fsp3) is 0.500. The summed E-state index contributed by atoms with van der Waals surface area (Å²) in [5.74, 6) is -0.820. The van der Waals surface area contributed by atoms with E-state index in [2.05, 4.69) is 37.3 Å². The molecule has 3 rings (SSSR count). The molecule has 2 atom stereocenters. The first-order valence-corrected chi connectivity index (χ1v) is 11.2. The van der Waals surface area contributed by atoms with Gasteiger partial charge >= 0.3 is 5.97 Å². The van der Waals surface area contributed by atoms with Crippen molar-refractivity contribution in [2.75, 3.05) is 18.6 Å². The fourth-order valence-corrected chi connectivity index (χ4v) is 5.57. The van der Waals surface area contributed by atoms with Crippen LogP contribution in [0.4, 0.5) is 10.5 Å². The van der Waals surface area contributed by atoms with Crippen LogP contribution in [0.2, 0.25) is 5.02 Å². The van der Waals surface area contributed by atoms with Crippen LogP contribution in [0.15, 0.2) is 17.0 Å². The van der Waals surface area contributed by atoms with E-state index >= 15 is 0 Å². The molecule has 1 saturated heterocycles. The van der Waals surface area contributed by atoms with Crippen LogP contribution >= 0.6 is 23.4 Å². The summed E-state index contributed by atoms with van der Waals surface area (Å²) in [5, 5.41) is 0.0235. The summed E-state index contributed by atoms with van der Waals surface area (Å²) in [6.45, 7) is 11.1. The van der Waals surface area contributed by atoms with Crippen LogP contribution in [0.25, 0.3) is 6.08 Å². The number of anilines is 1. The summed E-state index contributed by atoms with van der Waals surface area (Å²) in [7, 11) is 1.22. The lowest BCUT2D eigenvalue weighted by Gasteiger charge is -2.47. The third-order valence-corrected chi connectivity index (χ3v) is 7.07. The summed E-state index contributed by atoms with van der Waals surface area (Å²) in [6.07, 6.45) is 2.64. The predicted molar refractivity (Wildman–Crippen MR) is 121 cm³/mol. The Hall–Kier alpha value is -1.99. The van der Waals surface area contributed by atoms with Crippen molar-refractivity contribution in [2.45, 2.75) is 58.5 Å². The number of rotatable bonds is 4. The molecule has 2 aliphatic heterocycles. The van der Waals surface area contributed by atoms with Gasteiger partial charge in [0.05, 0.1) is 12.0 Å². The van der Waals surface area contributed by atoms with Crippen molar-refractivity contribution in [1.29, 1.82) is 0 Å².